The smallest absolute Gasteiger partial charge is 0.251 e. The standard InChI is InChI=1S/C29H25N5O2.C4H11N3.C2H6/c1-20(30)19-34-27-14-13-22(29(35)32-18-23-9-5-6-15-31-23)17-26(27)33-28(34)21-8-7-12-25(16-21)36-24-10-3-2-4-11-24;1-2-3-7-4(5)6;1-2/h2-17H,1,18-19,30H2,(H,32,35);2-3H2,1H3,(H4,5,6,7);1-2H3. The van der Waals surface area contributed by atoms with E-state index in [1.54, 1.807) is 18.3 Å². The summed E-state index contributed by atoms with van der Waals surface area (Å²) in [6, 6.07) is 28.4. The van der Waals surface area contributed by atoms with Crippen LogP contribution in [-0.2, 0) is 13.1 Å². The molecule has 1 amide bonds. The molecule has 234 valence electrons. The summed E-state index contributed by atoms with van der Waals surface area (Å²) < 4.78 is 8.01. The predicted octanol–water partition coefficient (Wildman–Crippen LogP) is 5.99. The van der Waals surface area contributed by atoms with E-state index in [0.29, 0.717) is 41.4 Å². The highest BCUT2D eigenvalue weighted by molar-refractivity contribution is 5.97. The number of pyridine rings is 1. The summed E-state index contributed by atoms with van der Waals surface area (Å²) in [6.45, 7) is 11.4. The lowest BCUT2D eigenvalue weighted by Crippen LogP contribution is -2.23. The third-order valence-corrected chi connectivity index (χ3v) is 6.12. The van der Waals surface area contributed by atoms with Crippen LogP contribution in [-0.4, -0.2) is 32.9 Å². The Morgan fingerprint density at radius 1 is 0.933 bits per heavy atom. The van der Waals surface area contributed by atoms with E-state index in [1.807, 2.05) is 104 Å². The molecule has 0 aliphatic rings. The molecule has 10 nitrogen and oxygen atoms in total. The van der Waals surface area contributed by atoms with E-state index in [9.17, 15) is 4.79 Å². The molecule has 2 heterocycles. The number of fused-ring (bicyclic) bond motifs is 1. The maximum Gasteiger partial charge on any atom is 0.251 e. The minimum absolute atomic E-state index is 0.182. The predicted molar refractivity (Wildman–Crippen MR) is 183 cm³/mol. The zero-order valence-electron chi connectivity index (χ0n) is 26.1. The highest BCUT2D eigenvalue weighted by atomic mass is 16.5. The van der Waals surface area contributed by atoms with Crippen molar-refractivity contribution >= 4 is 22.9 Å². The largest absolute Gasteiger partial charge is 0.457 e. The van der Waals surface area contributed by atoms with Crippen molar-refractivity contribution in [3.8, 4) is 22.9 Å². The van der Waals surface area contributed by atoms with Crippen LogP contribution in [0.4, 0.5) is 0 Å². The third-order valence-electron chi connectivity index (χ3n) is 6.12. The van der Waals surface area contributed by atoms with Crippen molar-refractivity contribution in [2.75, 3.05) is 6.54 Å². The Morgan fingerprint density at radius 2 is 1.67 bits per heavy atom. The van der Waals surface area contributed by atoms with Crippen molar-refractivity contribution in [3.05, 3.63) is 121 Å². The number of amides is 1. The summed E-state index contributed by atoms with van der Waals surface area (Å²) in [5, 5.41) is 2.91. The minimum Gasteiger partial charge on any atom is -0.457 e. The van der Waals surface area contributed by atoms with Gasteiger partial charge < -0.3 is 31.8 Å². The topological polar surface area (TPSA) is 159 Å². The Labute approximate surface area is 264 Å². The molecule has 0 spiro atoms. The summed E-state index contributed by atoms with van der Waals surface area (Å²) in [7, 11) is 0. The van der Waals surface area contributed by atoms with Gasteiger partial charge in [0.15, 0.2) is 5.96 Å². The number of nitrogens with two attached hydrogens (primary N) is 3. The number of carbonyl (C=O) groups excluding carboxylic acids is 1. The molecule has 10 heteroatoms. The second-order valence-corrected chi connectivity index (χ2v) is 9.64. The summed E-state index contributed by atoms with van der Waals surface area (Å²) in [4.78, 5) is 25.6. The number of para-hydroxylation sites is 1. The van der Waals surface area contributed by atoms with Crippen molar-refractivity contribution in [1.29, 1.82) is 0 Å². The van der Waals surface area contributed by atoms with Crippen LogP contribution in [0.1, 0.15) is 43.2 Å². The Kier molecular flexibility index (Phi) is 13.1. The number of hydrogen-bond acceptors (Lipinski definition) is 6. The molecule has 0 aliphatic heterocycles. The van der Waals surface area contributed by atoms with Gasteiger partial charge in [0.2, 0.25) is 0 Å². The summed E-state index contributed by atoms with van der Waals surface area (Å²) >= 11 is 0. The van der Waals surface area contributed by atoms with Gasteiger partial charge in [-0.15, -0.1) is 0 Å². The number of imidazole rings is 1. The van der Waals surface area contributed by atoms with Crippen molar-refractivity contribution in [3.63, 3.8) is 0 Å². The molecule has 0 radical (unpaired) electrons. The number of aromatic nitrogens is 3. The summed E-state index contributed by atoms with van der Waals surface area (Å²) in [5.74, 6) is 2.14. The number of benzene rings is 3. The Balaban J connectivity index is 0.000000544. The quantitative estimate of drug-likeness (QED) is 0.112. The van der Waals surface area contributed by atoms with E-state index >= 15 is 0 Å². The van der Waals surface area contributed by atoms with Crippen LogP contribution in [0.3, 0.4) is 0 Å². The van der Waals surface area contributed by atoms with Crippen LogP contribution < -0.4 is 27.3 Å². The Morgan fingerprint density at radius 3 is 2.31 bits per heavy atom. The van der Waals surface area contributed by atoms with E-state index in [2.05, 4.69) is 21.9 Å². The summed E-state index contributed by atoms with van der Waals surface area (Å²) in [6.07, 6.45) is 2.70. The van der Waals surface area contributed by atoms with E-state index < -0.39 is 0 Å². The monoisotopic (exact) mass is 606 g/mol. The van der Waals surface area contributed by atoms with Gasteiger partial charge in [-0.3, -0.25) is 14.8 Å². The fraction of sp³-hybridized carbons (Fsp3) is 0.200. The molecule has 45 heavy (non-hydrogen) atoms. The van der Waals surface area contributed by atoms with E-state index in [-0.39, 0.29) is 11.9 Å². The number of hydrogen-bond donors (Lipinski definition) is 4. The Bertz CT molecular complexity index is 1700. The van der Waals surface area contributed by atoms with Gasteiger partial charge in [-0.1, -0.05) is 63.7 Å². The SMILES string of the molecule is C=C(N)Cn1c(-c2cccc(Oc3ccccc3)c2)nc2cc(C(=O)NCc3ccccn3)ccc21.CC.CCCN=C(N)N. The molecular weight excluding hydrogens is 564 g/mol. The highest BCUT2D eigenvalue weighted by Gasteiger charge is 2.16. The van der Waals surface area contributed by atoms with Gasteiger partial charge in [-0.05, 0) is 61.0 Å². The van der Waals surface area contributed by atoms with Gasteiger partial charge in [0.05, 0.1) is 29.8 Å². The van der Waals surface area contributed by atoms with Crippen LogP contribution in [0.15, 0.2) is 114 Å². The Hall–Kier alpha value is -5.64. The van der Waals surface area contributed by atoms with Gasteiger partial charge in [0.25, 0.3) is 5.91 Å². The zero-order valence-corrected chi connectivity index (χ0v) is 26.1. The lowest BCUT2D eigenvalue weighted by molar-refractivity contribution is 0.0950. The molecule has 7 N–H and O–H groups in total. The molecule has 2 aromatic heterocycles. The lowest BCUT2D eigenvalue weighted by Gasteiger charge is -2.11. The first-order valence-electron chi connectivity index (χ1n) is 14.8. The number of ether oxygens (including phenoxy) is 1. The number of nitrogens with zero attached hydrogens (tertiary/aromatic N) is 4. The number of nitrogens with one attached hydrogen (secondary N) is 1. The molecule has 0 unspecified atom stereocenters. The van der Waals surface area contributed by atoms with Gasteiger partial charge in [-0.2, -0.15) is 0 Å². The number of rotatable bonds is 10. The van der Waals surface area contributed by atoms with Crippen molar-refractivity contribution in [2.24, 2.45) is 22.2 Å². The van der Waals surface area contributed by atoms with E-state index in [1.165, 1.54) is 0 Å². The van der Waals surface area contributed by atoms with Gasteiger partial charge in [0, 0.05) is 29.6 Å². The van der Waals surface area contributed by atoms with Gasteiger partial charge in [-0.25, -0.2) is 4.98 Å². The van der Waals surface area contributed by atoms with Crippen molar-refractivity contribution in [2.45, 2.75) is 40.3 Å². The van der Waals surface area contributed by atoms with E-state index in [0.717, 1.165) is 35.5 Å². The van der Waals surface area contributed by atoms with Crippen LogP contribution in [0.2, 0.25) is 0 Å². The highest BCUT2D eigenvalue weighted by Crippen LogP contribution is 2.30. The second kappa shape index (κ2) is 17.5. The fourth-order valence-electron chi connectivity index (χ4n) is 4.19. The number of carbonyl (C=O) groups is 1. The number of aliphatic imine (C=N–C) groups is 1. The molecule has 5 rings (SSSR count). The third kappa shape index (κ3) is 10.2. The maximum absolute atomic E-state index is 12.8. The van der Waals surface area contributed by atoms with Gasteiger partial charge >= 0.3 is 0 Å². The normalized spacial score (nSPS) is 10.0. The maximum atomic E-state index is 12.8. The van der Waals surface area contributed by atoms with Crippen molar-refractivity contribution < 1.29 is 9.53 Å². The molecule has 0 saturated carbocycles. The molecular formula is C35H42N8O2. The van der Waals surface area contributed by atoms with Gasteiger partial charge in [0.1, 0.15) is 17.3 Å². The first-order chi connectivity index (χ1) is 21.8. The zero-order chi connectivity index (χ0) is 32.6. The van der Waals surface area contributed by atoms with Crippen LogP contribution >= 0.6 is 0 Å². The molecule has 0 aliphatic carbocycles. The first-order valence-corrected chi connectivity index (χ1v) is 14.8. The number of guanidine groups is 1. The molecule has 0 atom stereocenters. The summed E-state index contributed by atoms with van der Waals surface area (Å²) in [5.41, 5.74) is 20.2. The second-order valence-electron chi connectivity index (χ2n) is 9.64. The van der Waals surface area contributed by atoms with Crippen molar-refractivity contribution in [1.82, 2.24) is 19.9 Å². The molecule has 3 aromatic carbocycles. The average Bonchev–Trinajstić information content (AvgIpc) is 3.42. The molecule has 5 aromatic rings. The molecule has 0 bridgehead atoms. The fourth-order valence-corrected chi connectivity index (χ4v) is 4.19. The number of allylic oxidation sites excluding steroid dienone is 1. The van der Waals surface area contributed by atoms with Crippen LogP contribution in [0, 0.1) is 0 Å². The van der Waals surface area contributed by atoms with E-state index in [4.69, 9.17) is 26.9 Å². The van der Waals surface area contributed by atoms with Crippen LogP contribution in [0.5, 0.6) is 11.5 Å². The lowest BCUT2D eigenvalue weighted by atomic mass is 10.2. The minimum atomic E-state index is -0.194. The molecule has 0 fully saturated rings. The average molecular weight is 607 g/mol. The first kappa shape index (κ1) is 33.9. The van der Waals surface area contributed by atoms with Crippen LogP contribution in [0.25, 0.3) is 22.4 Å². The molecule has 0 saturated heterocycles.